The first-order valence-corrected chi connectivity index (χ1v) is 7.05. The van der Waals surface area contributed by atoms with Gasteiger partial charge in [0.2, 0.25) is 10.0 Å². The molecule has 0 atom stereocenters. The van der Waals surface area contributed by atoms with Gasteiger partial charge in [0.15, 0.2) is 0 Å². The predicted octanol–water partition coefficient (Wildman–Crippen LogP) is 1.20. The Balaban J connectivity index is 2.60. The summed E-state index contributed by atoms with van der Waals surface area (Å²) in [5, 5.41) is 0.719. The van der Waals surface area contributed by atoms with Crippen molar-refractivity contribution < 1.29 is 8.42 Å². The summed E-state index contributed by atoms with van der Waals surface area (Å²) in [5.41, 5.74) is 0. The summed E-state index contributed by atoms with van der Waals surface area (Å²) in [6, 6.07) is 0.276. The molecular formula is C7H14BrNO2S. The topological polar surface area (TPSA) is 37.4 Å². The average molecular weight is 256 g/mol. The highest BCUT2D eigenvalue weighted by molar-refractivity contribution is 9.09. The fourth-order valence-corrected chi connectivity index (χ4v) is 3.17. The van der Waals surface area contributed by atoms with Crippen molar-refractivity contribution in [3.8, 4) is 0 Å². The molecule has 72 valence electrons. The van der Waals surface area contributed by atoms with Gasteiger partial charge in [-0.2, -0.15) is 4.31 Å². The lowest BCUT2D eigenvalue weighted by Crippen LogP contribution is -2.44. The molecule has 0 aromatic rings. The summed E-state index contributed by atoms with van der Waals surface area (Å²) < 4.78 is 24.1. The summed E-state index contributed by atoms with van der Waals surface area (Å²) in [5.74, 6) is 0. The van der Waals surface area contributed by atoms with Crippen LogP contribution in [0.1, 0.15) is 19.3 Å². The van der Waals surface area contributed by atoms with Crippen molar-refractivity contribution in [1.29, 1.82) is 0 Å². The number of hydrogen-bond donors (Lipinski definition) is 0. The third-order valence-corrected chi connectivity index (χ3v) is 3.90. The molecule has 0 saturated heterocycles. The first-order valence-electron chi connectivity index (χ1n) is 4.08. The smallest absolute Gasteiger partial charge is 0.211 e. The summed E-state index contributed by atoms with van der Waals surface area (Å²) in [6.45, 7) is 0.601. The SMILES string of the molecule is CS(=O)(=O)N(CCBr)C1CCC1. The highest BCUT2D eigenvalue weighted by atomic mass is 79.9. The van der Waals surface area contributed by atoms with E-state index in [9.17, 15) is 8.42 Å². The standard InChI is InChI=1S/C7H14BrNO2S/c1-12(10,11)9(6-5-8)7-3-2-4-7/h7H,2-6H2,1H3. The van der Waals surface area contributed by atoms with E-state index in [1.54, 1.807) is 4.31 Å². The van der Waals surface area contributed by atoms with E-state index in [0.717, 1.165) is 18.2 Å². The van der Waals surface area contributed by atoms with Crippen LogP contribution >= 0.6 is 15.9 Å². The van der Waals surface area contributed by atoms with Crippen LogP contribution in [0.3, 0.4) is 0 Å². The van der Waals surface area contributed by atoms with Gasteiger partial charge < -0.3 is 0 Å². The second-order valence-corrected chi connectivity index (χ2v) is 5.88. The quantitative estimate of drug-likeness (QED) is 0.709. The van der Waals surface area contributed by atoms with E-state index >= 15 is 0 Å². The largest absolute Gasteiger partial charge is 0.212 e. The van der Waals surface area contributed by atoms with Crippen molar-refractivity contribution in [3.05, 3.63) is 0 Å². The second-order valence-electron chi connectivity index (χ2n) is 3.15. The number of halogens is 1. The molecule has 3 nitrogen and oxygen atoms in total. The fraction of sp³-hybridized carbons (Fsp3) is 1.00. The van der Waals surface area contributed by atoms with Gasteiger partial charge in [0.1, 0.15) is 0 Å². The average Bonchev–Trinajstić information content (AvgIpc) is 1.80. The number of rotatable bonds is 4. The molecule has 0 aliphatic heterocycles. The van der Waals surface area contributed by atoms with E-state index in [-0.39, 0.29) is 6.04 Å². The van der Waals surface area contributed by atoms with Gasteiger partial charge in [0, 0.05) is 17.9 Å². The zero-order chi connectivity index (χ0) is 9.19. The van der Waals surface area contributed by atoms with Crippen LogP contribution in [-0.2, 0) is 10.0 Å². The first-order chi connectivity index (χ1) is 5.55. The Bertz CT molecular complexity index is 236. The Morgan fingerprint density at radius 2 is 2.08 bits per heavy atom. The van der Waals surface area contributed by atoms with Crippen molar-refractivity contribution in [3.63, 3.8) is 0 Å². The third kappa shape index (κ3) is 2.44. The molecule has 0 amide bonds. The van der Waals surface area contributed by atoms with E-state index in [1.165, 1.54) is 12.7 Å². The lowest BCUT2D eigenvalue weighted by Gasteiger charge is -2.35. The van der Waals surface area contributed by atoms with Gasteiger partial charge in [0.25, 0.3) is 0 Å². The summed E-state index contributed by atoms with van der Waals surface area (Å²) in [6.07, 6.45) is 4.51. The molecule has 0 unspecified atom stereocenters. The van der Waals surface area contributed by atoms with Gasteiger partial charge in [0.05, 0.1) is 6.26 Å². The van der Waals surface area contributed by atoms with Gasteiger partial charge in [-0.1, -0.05) is 22.4 Å². The Morgan fingerprint density at radius 1 is 1.50 bits per heavy atom. The number of alkyl halides is 1. The van der Waals surface area contributed by atoms with E-state index in [4.69, 9.17) is 0 Å². The van der Waals surface area contributed by atoms with Crippen LogP contribution < -0.4 is 0 Å². The zero-order valence-corrected chi connectivity index (χ0v) is 9.57. The Morgan fingerprint density at radius 3 is 2.33 bits per heavy atom. The van der Waals surface area contributed by atoms with Crippen molar-refractivity contribution in [1.82, 2.24) is 4.31 Å². The maximum absolute atomic E-state index is 11.3. The molecule has 0 bridgehead atoms. The van der Waals surface area contributed by atoms with Crippen molar-refractivity contribution in [2.75, 3.05) is 18.1 Å². The van der Waals surface area contributed by atoms with Crippen LogP contribution in [-0.4, -0.2) is 36.9 Å². The minimum Gasteiger partial charge on any atom is -0.212 e. The highest BCUT2D eigenvalue weighted by Gasteiger charge is 2.30. The minimum atomic E-state index is -2.98. The zero-order valence-electron chi connectivity index (χ0n) is 7.16. The van der Waals surface area contributed by atoms with Crippen molar-refractivity contribution in [2.24, 2.45) is 0 Å². The monoisotopic (exact) mass is 255 g/mol. The van der Waals surface area contributed by atoms with E-state index in [0.29, 0.717) is 6.54 Å². The molecule has 0 radical (unpaired) electrons. The van der Waals surface area contributed by atoms with Crippen molar-refractivity contribution >= 4 is 26.0 Å². The second kappa shape index (κ2) is 4.07. The maximum atomic E-state index is 11.3. The Hall–Kier alpha value is 0.390. The first kappa shape index (κ1) is 10.5. The maximum Gasteiger partial charge on any atom is 0.211 e. The lowest BCUT2D eigenvalue weighted by molar-refractivity contribution is 0.229. The lowest BCUT2D eigenvalue weighted by atomic mass is 9.93. The molecule has 5 heteroatoms. The number of sulfonamides is 1. The molecule has 1 saturated carbocycles. The molecule has 0 aromatic carbocycles. The normalized spacial score (nSPS) is 19.6. The summed E-state index contributed by atoms with van der Waals surface area (Å²) in [7, 11) is -2.98. The van der Waals surface area contributed by atoms with Gasteiger partial charge >= 0.3 is 0 Å². The molecule has 1 fully saturated rings. The number of nitrogens with zero attached hydrogens (tertiary/aromatic N) is 1. The third-order valence-electron chi connectivity index (χ3n) is 2.21. The fourth-order valence-electron chi connectivity index (χ4n) is 1.38. The van der Waals surface area contributed by atoms with Crippen LogP contribution in [0.5, 0.6) is 0 Å². The molecule has 0 N–H and O–H groups in total. The molecule has 12 heavy (non-hydrogen) atoms. The highest BCUT2D eigenvalue weighted by Crippen LogP contribution is 2.26. The van der Waals surface area contributed by atoms with Gasteiger partial charge in [-0.25, -0.2) is 8.42 Å². The summed E-state index contributed by atoms with van der Waals surface area (Å²) in [4.78, 5) is 0. The van der Waals surface area contributed by atoms with Crippen LogP contribution in [0, 0.1) is 0 Å². The molecule has 0 aromatic heterocycles. The van der Waals surface area contributed by atoms with E-state index in [2.05, 4.69) is 15.9 Å². The van der Waals surface area contributed by atoms with Crippen LogP contribution in [0.25, 0.3) is 0 Å². The Labute approximate surface area is 82.3 Å². The van der Waals surface area contributed by atoms with Crippen LogP contribution in [0.2, 0.25) is 0 Å². The van der Waals surface area contributed by atoms with Crippen molar-refractivity contribution in [2.45, 2.75) is 25.3 Å². The molecule has 1 aliphatic carbocycles. The van der Waals surface area contributed by atoms with Crippen LogP contribution in [0.4, 0.5) is 0 Å². The van der Waals surface area contributed by atoms with Gasteiger partial charge in [-0.15, -0.1) is 0 Å². The van der Waals surface area contributed by atoms with Gasteiger partial charge in [-0.05, 0) is 12.8 Å². The van der Waals surface area contributed by atoms with E-state index < -0.39 is 10.0 Å². The minimum absolute atomic E-state index is 0.276. The number of hydrogen-bond acceptors (Lipinski definition) is 2. The molecule has 1 aliphatic rings. The molecule has 1 rings (SSSR count). The van der Waals surface area contributed by atoms with E-state index in [1.807, 2.05) is 0 Å². The molecule has 0 spiro atoms. The Kier molecular flexibility index (Phi) is 3.55. The van der Waals surface area contributed by atoms with Crippen LogP contribution in [0.15, 0.2) is 0 Å². The predicted molar refractivity (Wildman–Crippen MR) is 53.0 cm³/mol. The van der Waals surface area contributed by atoms with Gasteiger partial charge in [-0.3, -0.25) is 0 Å². The molecular weight excluding hydrogens is 242 g/mol. The molecule has 0 heterocycles. The summed E-state index contributed by atoms with van der Waals surface area (Å²) >= 11 is 3.26.